The van der Waals surface area contributed by atoms with Gasteiger partial charge in [-0.3, -0.25) is 9.78 Å². The molecule has 0 aliphatic carbocycles. The maximum atomic E-state index is 11.4. The third-order valence-corrected chi connectivity index (χ3v) is 4.28. The first kappa shape index (κ1) is 12.2. The van der Waals surface area contributed by atoms with Gasteiger partial charge in [0.25, 0.3) is 0 Å². The zero-order chi connectivity index (χ0) is 14.2. The van der Waals surface area contributed by atoms with Crippen LogP contribution in [0.3, 0.4) is 0 Å². The maximum Gasteiger partial charge on any atom is 0.228 e. The van der Waals surface area contributed by atoms with Crippen LogP contribution in [-0.4, -0.2) is 15.9 Å². The van der Waals surface area contributed by atoms with E-state index in [0.29, 0.717) is 6.42 Å². The number of hydrogen-bond donors (Lipinski definition) is 1. The average molecular weight is 293 g/mol. The lowest BCUT2D eigenvalue weighted by molar-refractivity contribution is -0.115. The molecule has 0 bridgehead atoms. The summed E-state index contributed by atoms with van der Waals surface area (Å²) in [5.74, 6) is 0.0506. The molecule has 3 aromatic rings. The highest BCUT2D eigenvalue weighted by Crippen LogP contribution is 2.31. The van der Waals surface area contributed by atoms with E-state index in [2.05, 4.69) is 15.3 Å². The summed E-state index contributed by atoms with van der Waals surface area (Å²) in [5, 5.41) is 5.77. The second-order valence-electron chi connectivity index (χ2n) is 4.85. The fourth-order valence-corrected chi connectivity index (χ4v) is 3.21. The van der Waals surface area contributed by atoms with Crippen LogP contribution in [-0.2, 0) is 11.2 Å². The molecule has 21 heavy (non-hydrogen) atoms. The molecule has 0 atom stereocenters. The standard InChI is InChI=1S/C16H11N3OS/c20-15-8-11-7-10(4-5-12(11)18-15)14-9-21-16(19-14)13-3-1-2-6-17-13/h1-7,9H,8H2,(H,18,20). The van der Waals surface area contributed by atoms with Crippen LogP contribution in [0.25, 0.3) is 22.0 Å². The van der Waals surface area contributed by atoms with Crippen molar-refractivity contribution in [1.82, 2.24) is 9.97 Å². The van der Waals surface area contributed by atoms with Crippen molar-refractivity contribution in [3.8, 4) is 22.0 Å². The molecule has 0 saturated carbocycles. The lowest BCUT2D eigenvalue weighted by Crippen LogP contribution is -2.03. The smallest absolute Gasteiger partial charge is 0.228 e. The van der Waals surface area contributed by atoms with Crippen LogP contribution < -0.4 is 5.32 Å². The average Bonchev–Trinajstić information content (AvgIpc) is 3.12. The molecule has 1 aliphatic heterocycles. The van der Waals surface area contributed by atoms with Gasteiger partial charge in [-0.05, 0) is 29.8 Å². The molecule has 1 amide bonds. The number of amides is 1. The Morgan fingerprint density at radius 1 is 1.14 bits per heavy atom. The van der Waals surface area contributed by atoms with Crippen molar-refractivity contribution >= 4 is 22.9 Å². The van der Waals surface area contributed by atoms with Gasteiger partial charge in [0.15, 0.2) is 0 Å². The van der Waals surface area contributed by atoms with Crippen molar-refractivity contribution in [2.24, 2.45) is 0 Å². The predicted molar refractivity (Wildman–Crippen MR) is 83.1 cm³/mol. The van der Waals surface area contributed by atoms with E-state index in [1.165, 1.54) is 0 Å². The first-order valence-corrected chi connectivity index (χ1v) is 7.48. The summed E-state index contributed by atoms with van der Waals surface area (Å²) < 4.78 is 0. The molecule has 0 spiro atoms. The summed E-state index contributed by atoms with van der Waals surface area (Å²) in [6.45, 7) is 0. The van der Waals surface area contributed by atoms with E-state index >= 15 is 0 Å². The zero-order valence-electron chi connectivity index (χ0n) is 11.0. The molecule has 0 unspecified atom stereocenters. The molecule has 1 aromatic carbocycles. The van der Waals surface area contributed by atoms with Gasteiger partial charge < -0.3 is 5.32 Å². The Labute approximate surface area is 125 Å². The normalized spacial score (nSPS) is 13.0. The number of aromatic nitrogens is 2. The van der Waals surface area contributed by atoms with Gasteiger partial charge in [0, 0.05) is 22.8 Å². The molecule has 4 nitrogen and oxygen atoms in total. The summed E-state index contributed by atoms with van der Waals surface area (Å²) >= 11 is 1.58. The van der Waals surface area contributed by atoms with E-state index in [1.54, 1.807) is 17.5 Å². The SMILES string of the molecule is O=C1Cc2cc(-c3csc(-c4ccccn4)n3)ccc2N1. The molecular formula is C16H11N3OS. The van der Waals surface area contributed by atoms with Gasteiger partial charge in [0.2, 0.25) is 5.91 Å². The second kappa shape index (κ2) is 4.79. The van der Waals surface area contributed by atoms with Crippen molar-refractivity contribution in [2.45, 2.75) is 6.42 Å². The van der Waals surface area contributed by atoms with Crippen molar-refractivity contribution in [1.29, 1.82) is 0 Å². The summed E-state index contributed by atoms with van der Waals surface area (Å²) in [6.07, 6.45) is 2.21. The van der Waals surface area contributed by atoms with Crippen LogP contribution in [0.4, 0.5) is 5.69 Å². The number of nitrogens with one attached hydrogen (secondary N) is 1. The van der Waals surface area contributed by atoms with E-state index in [9.17, 15) is 4.79 Å². The molecule has 0 radical (unpaired) electrons. The molecule has 5 heteroatoms. The van der Waals surface area contributed by atoms with E-state index < -0.39 is 0 Å². The molecule has 1 N–H and O–H groups in total. The van der Waals surface area contributed by atoms with Gasteiger partial charge in [-0.25, -0.2) is 4.98 Å². The highest BCUT2D eigenvalue weighted by atomic mass is 32.1. The Hall–Kier alpha value is -2.53. The molecular weight excluding hydrogens is 282 g/mol. The quantitative estimate of drug-likeness (QED) is 0.788. The summed E-state index contributed by atoms with van der Waals surface area (Å²) in [4.78, 5) is 20.4. The molecule has 3 heterocycles. The Balaban J connectivity index is 1.71. The van der Waals surface area contributed by atoms with Crippen molar-refractivity contribution in [2.75, 3.05) is 5.32 Å². The van der Waals surface area contributed by atoms with Crippen LogP contribution in [0.5, 0.6) is 0 Å². The van der Waals surface area contributed by atoms with Crippen molar-refractivity contribution in [3.05, 3.63) is 53.5 Å². The molecule has 4 rings (SSSR count). The predicted octanol–water partition coefficient (Wildman–Crippen LogP) is 3.37. The van der Waals surface area contributed by atoms with Gasteiger partial charge in [0.1, 0.15) is 5.01 Å². The first-order chi connectivity index (χ1) is 10.3. The minimum Gasteiger partial charge on any atom is -0.326 e. The monoisotopic (exact) mass is 293 g/mol. The number of benzene rings is 1. The number of anilines is 1. The Kier molecular flexibility index (Phi) is 2.79. The summed E-state index contributed by atoms with van der Waals surface area (Å²) in [5.41, 5.74) is 4.77. The Morgan fingerprint density at radius 3 is 2.95 bits per heavy atom. The summed E-state index contributed by atoms with van der Waals surface area (Å²) in [7, 11) is 0. The number of pyridine rings is 1. The van der Waals surface area contributed by atoms with Gasteiger partial charge in [0.05, 0.1) is 17.8 Å². The second-order valence-corrected chi connectivity index (χ2v) is 5.71. The van der Waals surface area contributed by atoms with Gasteiger partial charge in [-0.2, -0.15) is 0 Å². The number of hydrogen-bond acceptors (Lipinski definition) is 4. The fraction of sp³-hybridized carbons (Fsp3) is 0.0625. The molecule has 1 aliphatic rings. The number of fused-ring (bicyclic) bond motifs is 1. The Morgan fingerprint density at radius 2 is 2.10 bits per heavy atom. The lowest BCUT2D eigenvalue weighted by Gasteiger charge is -2.01. The van der Waals surface area contributed by atoms with Gasteiger partial charge in [-0.1, -0.05) is 12.1 Å². The third kappa shape index (κ3) is 2.21. The molecule has 0 fully saturated rings. The number of rotatable bonds is 2. The highest BCUT2D eigenvalue weighted by molar-refractivity contribution is 7.13. The minimum atomic E-state index is 0.0506. The highest BCUT2D eigenvalue weighted by Gasteiger charge is 2.18. The van der Waals surface area contributed by atoms with E-state index in [1.807, 2.05) is 41.8 Å². The van der Waals surface area contributed by atoms with Crippen LogP contribution in [0.15, 0.2) is 48.0 Å². The number of carbonyl (C=O) groups is 1. The number of nitrogens with zero attached hydrogens (tertiary/aromatic N) is 2. The largest absolute Gasteiger partial charge is 0.326 e. The van der Waals surface area contributed by atoms with Crippen molar-refractivity contribution < 1.29 is 4.79 Å². The zero-order valence-corrected chi connectivity index (χ0v) is 11.9. The Bertz CT molecular complexity index is 827. The number of thiazole rings is 1. The fourth-order valence-electron chi connectivity index (χ4n) is 2.40. The number of carbonyl (C=O) groups excluding carboxylic acids is 1. The van der Waals surface area contributed by atoms with E-state index in [4.69, 9.17) is 0 Å². The minimum absolute atomic E-state index is 0.0506. The van der Waals surface area contributed by atoms with Crippen LogP contribution in [0.1, 0.15) is 5.56 Å². The molecule has 102 valence electrons. The maximum absolute atomic E-state index is 11.4. The lowest BCUT2D eigenvalue weighted by atomic mass is 10.1. The topological polar surface area (TPSA) is 54.9 Å². The van der Waals surface area contributed by atoms with Crippen LogP contribution in [0.2, 0.25) is 0 Å². The summed E-state index contributed by atoms with van der Waals surface area (Å²) in [6, 6.07) is 11.8. The third-order valence-electron chi connectivity index (χ3n) is 3.41. The van der Waals surface area contributed by atoms with Crippen molar-refractivity contribution in [3.63, 3.8) is 0 Å². The van der Waals surface area contributed by atoms with Crippen LogP contribution >= 0.6 is 11.3 Å². The molecule has 2 aromatic heterocycles. The van der Waals surface area contributed by atoms with E-state index in [-0.39, 0.29) is 5.91 Å². The van der Waals surface area contributed by atoms with Crippen LogP contribution in [0, 0.1) is 0 Å². The van der Waals surface area contributed by atoms with Gasteiger partial charge in [-0.15, -0.1) is 11.3 Å². The van der Waals surface area contributed by atoms with Gasteiger partial charge >= 0.3 is 0 Å². The van der Waals surface area contributed by atoms with E-state index in [0.717, 1.165) is 33.2 Å². The first-order valence-electron chi connectivity index (χ1n) is 6.60. The molecule has 0 saturated heterocycles.